The molecule has 0 saturated heterocycles. The number of carbonyl (C=O) groups is 4. The molecule has 2 atom stereocenters. The van der Waals surface area contributed by atoms with E-state index in [0.717, 1.165) is 116 Å². The van der Waals surface area contributed by atoms with Gasteiger partial charge in [-0.3, -0.25) is 19.2 Å². The fraction of sp³-hybridized carbons (Fsp3) is 0.889. The molecular formula is C36H73N7O4. The lowest BCUT2D eigenvalue weighted by molar-refractivity contribution is -0.129. The summed E-state index contributed by atoms with van der Waals surface area (Å²) in [5.41, 5.74) is 22.1. The summed E-state index contributed by atoms with van der Waals surface area (Å²) in [4.78, 5) is 49.1. The molecule has 11 heteroatoms. The van der Waals surface area contributed by atoms with Gasteiger partial charge in [0.05, 0.1) is 0 Å². The first kappa shape index (κ1) is 44.8. The molecule has 0 heterocycles. The average molecular weight is 668 g/mol. The lowest BCUT2D eigenvalue weighted by Crippen LogP contribution is -2.47. The molecule has 4 amide bonds. The van der Waals surface area contributed by atoms with Gasteiger partial charge in [0.25, 0.3) is 0 Å². The smallest absolute Gasteiger partial charge is 0.242 e. The molecule has 0 aliphatic carbocycles. The molecule has 0 aliphatic heterocycles. The molecule has 47 heavy (non-hydrogen) atoms. The molecule has 276 valence electrons. The van der Waals surface area contributed by atoms with Crippen molar-refractivity contribution in [2.75, 3.05) is 26.2 Å². The predicted molar refractivity (Wildman–Crippen MR) is 193 cm³/mol. The van der Waals surface area contributed by atoms with Crippen molar-refractivity contribution in [3.05, 3.63) is 0 Å². The van der Waals surface area contributed by atoms with Crippen LogP contribution in [-0.4, -0.2) is 61.9 Å². The summed E-state index contributed by atoms with van der Waals surface area (Å²) >= 11 is 0. The highest BCUT2D eigenvalue weighted by atomic mass is 16.2. The molecule has 0 aromatic rings. The molecule has 0 aromatic heterocycles. The maximum absolute atomic E-state index is 12.8. The Balaban J connectivity index is 3.95. The van der Waals surface area contributed by atoms with Crippen LogP contribution in [0.3, 0.4) is 0 Å². The van der Waals surface area contributed by atoms with Crippen LogP contribution in [0.2, 0.25) is 0 Å². The monoisotopic (exact) mass is 668 g/mol. The van der Waals surface area contributed by atoms with Crippen LogP contribution in [-0.2, 0) is 19.2 Å². The van der Waals surface area contributed by atoms with Gasteiger partial charge in [-0.1, -0.05) is 89.9 Å². The van der Waals surface area contributed by atoms with Gasteiger partial charge in [0.1, 0.15) is 12.1 Å². The van der Waals surface area contributed by atoms with Gasteiger partial charge in [0.2, 0.25) is 23.6 Å². The summed E-state index contributed by atoms with van der Waals surface area (Å²) in [5.74, 6) is -0.722. The van der Waals surface area contributed by atoms with Crippen molar-refractivity contribution in [1.82, 2.24) is 16.0 Å². The van der Waals surface area contributed by atoms with Crippen LogP contribution in [0, 0.1) is 0 Å². The molecule has 11 N–H and O–H groups in total. The number of amides is 4. The van der Waals surface area contributed by atoms with E-state index in [0.29, 0.717) is 45.3 Å². The van der Waals surface area contributed by atoms with Crippen molar-refractivity contribution in [1.29, 1.82) is 0 Å². The maximum Gasteiger partial charge on any atom is 0.242 e. The first-order chi connectivity index (χ1) is 22.8. The number of hydrogen-bond acceptors (Lipinski definition) is 7. The molecule has 0 aromatic carbocycles. The zero-order valence-electron chi connectivity index (χ0n) is 29.8. The number of carbonyl (C=O) groups excluding carboxylic acids is 4. The molecule has 2 unspecified atom stereocenters. The van der Waals surface area contributed by atoms with E-state index in [2.05, 4.69) is 16.0 Å². The van der Waals surface area contributed by atoms with Crippen LogP contribution in [0.25, 0.3) is 0 Å². The van der Waals surface area contributed by atoms with Crippen LogP contribution in [0.1, 0.15) is 167 Å². The van der Waals surface area contributed by atoms with Crippen LogP contribution < -0.4 is 38.9 Å². The highest BCUT2D eigenvalue weighted by molar-refractivity contribution is 5.87. The van der Waals surface area contributed by atoms with Crippen molar-refractivity contribution < 1.29 is 19.2 Å². The first-order valence-corrected chi connectivity index (χ1v) is 19.1. The second-order valence-electron chi connectivity index (χ2n) is 13.2. The molecule has 0 bridgehead atoms. The summed E-state index contributed by atoms with van der Waals surface area (Å²) in [5, 5.41) is 8.77. The molecule has 0 saturated carbocycles. The Morgan fingerprint density at radius 2 is 0.766 bits per heavy atom. The van der Waals surface area contributed by atoms with Crippen molar-refractivity contribution in [3.63, 3.8) is 0 Å². The summed E-state index contributed by atoms with van der Waals surface area (Å²) in [6.45, 7) is 2.56. The Morgan fingerprint density at radius 3 is 1.19 bits per heavy atom. The van der Waals surface area contributed by atoms with Crippen LogP contribution >= 0.6 is 0 Å². The summed E-state index contributed by atoms with van der Waals surface area (Å²) in [6, 6.07) is -1.09. The molecule has 0 radical (unpaired) electrons. The van der Waals surface area contributed by atoms with Gasteiger partial charge in [-0.05, 0) is 83.8 Å². The molecule has 0 spiro atoms. The minimum Gasteiger partial charge on any atom is -0.368 e. The number of hydrogen-bond donors (Lipinski definition) is 7. The highest BCUT2D eigenvalue weighted by Crippen LogP contribution is 2.12. The van der Waals surface area contributed by atoms with E-state index in [9.17, 15) is 19.2 Å². The SMILES string of the molecule is NCCCCCCCCCCCC(=O)NC(CCCCN)C(=O)NCCCCCCCCCCCC(=O)NC(CCCCN)C(N)=O. The number of nitrogens with two attached hydrogens (primary N) is 4. The third-order valence-electron chi connectivity index (χ3n) is 8.71. The van der Waals surface area contributed by atoms with Crippen molar-refractivity contribution in [2.45, 2.75) is 179 Å². The fourth-order valence-electron chi connectivity index (χ4n) is 5.72. The van der Waals surface area contributed by atoms with E-state index in [1.807, 2.05) is 0 Å². The van der Waals surface area contributed by atoms with Gasteiger partial charge < -0.3 is 38.9 Å². The van der Waals surface area contributed by atoms with Gasteiger partial charge in [-0.25, -0.2) is 0 Å². The van der Waals surface area contributed by atoms with E-state index in [-0.39, 0.29) is 17.7 Å². The van der Waals surface area contributed by atoms with Crippen LogP contribution in [0.15, 0.2) is 0 Å². The predicted octanol–water partition coefficient (Wildman–Crippen LogP) is 4.58. The van der Waals surface area contributed by atoms with Crippen molar-refractivity contribution in [3.8, 4) is 0 Å². The van der Waals surface area contributed by atoms with Gasteiger partial charge in [-0.15, -0.1) is 0 Å². The minimum absolute atomic E-state index is 0.0336. The third kappa shape index (κ3) is 29.6. The number of unbranched alkanes of at least 4 members (excludes halogenated alkanes) is 18. The molecule has 0 fully saturated rings. The quantitative estimate of drug-likeness (QED) is 0.0478. The normalized spacial score (nSPS) is 12.4. The van der Waals surface area contributed by atoms with E-state index < -0.39 is 18.0 Å². The van der Waals surface area contributed by atoms with Gasteiger partial charge >= 0.3 is 0 Å². The Kier molecular flexibility index (Phi) is 32.0. The first-order valence-electron chi connectivity index (χ1n) is 19.1. The van der Waals surface area contributed by atoms with Gasteiger partial charge in [0, 0.05) is 19.4 Å². The summed E-state index contributed by atoms with van der Waals surface area (Å²) < 4.78 is 0. The van der Waals surface area contributed by atoms with Crippen LogP contribution in [0.5, 0.6) is 0 Å². The molecule has 0 aliphatic rings. The average Bonchev–Trinajstić information content (AvgIpc) is 3.05. The number of nitrogens with one attached hydrogen (secondary N) is 3. The summed E-state index contributed by atoms with van der Waals surface area (Å²) in [6.07, 6.45) is 25.2. The molecule has 0 rings (SSSR count). The Labute approximate surface area is 286 Å². The largest absolute Gasteiger partial charge is 0.368 e. The van der Waals surface area contributed by atoms with Crippen molar-refractivity contribution in [2.24, 2.45) is 22.9 Å². The zero-order chi connectivity index (χ0) is 34.8. The van der Waals surface area contributed by atoms with Gasteiger partial charge in [0.15, 0.2) is 0 Å². The summed E-state index contributed by atoms with van der Waals surface area (Å²) in [7, 11) is 0. The zero-order valence-corrected chi connectivity index (χ0v) is 29.8. The number of rotatable bonds is 35. The lowest BCUT2D eigenvalue weighted by Gasteiger charge is -2.18. The lowest BCUT2D eigenvalue weighted by atomic mass is 10.1. The standard InChI is InChI=1S/C36H73N7O4/c37-27-19-13-9-5-1-3-7-12-16-26-34(45)43-32(24-18-21-29-39)36(47)41-30-22-14-10-6-2-4-8-11-15-25-33(44)42-31(35(40)46)23-17-20-28-38/h31-32H,1-30,37-39H2,(H2,40,46)(H,41,47)(H,42,44)(H,43,45). The fourth-order valence-corrected chi connectivity index (χ4v) is 5.72. The van der Waals surface area contributed by atoms with E-state index in [1.165, 1.54) is 32.1 Å². The van der Waals surface area contributed by atoms with E-state index in [1.54, 1.807) is 0 Å². The Morgan fingerprint density at radius 1 is 0.426 bits per heavy atom. The van der Waals surface area contributed by atoms with Crippen molar-refractivity contribution >= 4 is 23.6 Å². The van der Waals surface area contributed by atoms with Crippen LogP contribution in [0.4, 0.5) is 0 Å². The molecule has 11 nitrogen and oxygen atoms in total. The minimum atomic E-state index is -0.604. The Bertz CT molecular complexity index is 784. The Hall–Kier alpha value is -2.24. The third-order valence-corrected chi connectivity index (χ3v) is 8.71. The van der Waals surface area contributed by atoms with E-state index in [4.69, 9.17) is 22.9 Å². The second kappa shape index (κ2) is 33.7. The van der Waals surface area contributed by atoms with E-state index >= 15 is 0 Å². The number of primary amides is 1. The topological polar surface area (TPSA) is 208 Å². The second-order valence-corrected chi connectivity index (χ2v) is 13.2. The van der Waals surface area contributed by atoms with Gasteiger partial charge in [-0.2, -0.15) is 0 Å². The molecular weight excluding hydrogens is 594 g/mol. The maximum atomic E-state index is 12.8. The highest BCUT2D eigenvalue weighted by Gasteiger charge is 2.20.